The van der Waals surface area contributed by atoms with Gasteiger partial charge in [0.05, 0.1) is 12.1 Å². The fraction of sp³-hybridized carbons (Fsp3) is 0.385. The Balaban J connectivity index is 2.60. The van der Waals surface area contributed by atoms with E-state index in [1.165, 1.54) is 0 Å². The summed E-state index contributed by atoms with van der Waals surface area (Å²) in [6.07, 6.45) is -0.0196. The van der Waals surface area contributed by atoms with Gasteiger partial charge < -0.3 is 4.90 Å². The van der Waals surface area contributed by atoms with Crippen molar-refractivity contribution < 1.29 is 9.59 Å². The van der Waals surface area contributed by atoms with Gasteiger partial charge in [-0.25, -0.2) is 0 Å². The second-order valence-electron chi connectivity index (χ2n) is 5.02. The van der Waals surface area contributed by atoms with E-state index in [9.17, 15) is 9.59 Å². The third-order valence-corrected chi connectivity index (χ3v) is 2.68. The maximum atomic E-state index is 11.9. The van der Waals surface area contributed by atoms with Crippen molar-refractivity contribution in [2.45, 2.75) is 32.7 Å². The third-order valence-electron chi connectivity index (χ3n) is 2.68. The summed E-state index contributed by atoms with van der Waals surface area (Å²) in [4.78, 5) is 25.4. The fourth-order valence-electron chi connectivity index (χ4n) is 2.09. The number of nitrogens with zero attached hydrogens (tertiary/aromatic N) is 1. The van der Waals surface area contributed by atoms with E-state index >= 15 is 0 Å². The first kappa shape index (κ1) is 10.9. The molecule has 0 aliphatic carbocycles. The predicted octanol–water partition coefficient (Wildman–Crippen LogP) is 2.40. The van der Waals surface area contributed by atoms with Crippen molar-refractivity contribution in [3.05, 3.63) is 29.8 Å². The Labute approximate surface area is 95.1 Å². The van der Waals surface area contributed by atoms with E-state index < -0.39 is 0 Å². The summed E-state index contributed by atoms with van der Waals surface area (Å²) in [6.45, 7) is 5.91. The number of Topliss-reactive ketones (excluding diaryl/α,β-unsaturated/α-hetero) is 1. The molecule has 1 aromatic carbocycles. The highest BCUT2D eigenvalue weighted by molar-refractivity contribution is 6.19. The number of ketones is 1. The largest absolute Gasteiger partial charge is 0.306 e. The number of anilines is 1. The Kier molecular flexibility index (Phi) is 2.34. The Morgan fingerprint density at radius 2 is 1.75 bits per heavy atom. The number of carbonyl (C=O) groups is 2. The lowest BCUT2D eigenvalue weighted by Crippen LogP contribution is -2.49. The summed E-state index contributed by atoms with van der Waals surface area (Å²) < 4.78 is 0. The second-order valence-corrected chi connectivity index (χ2v) is 5.02. The molecule has 0 radical (unpaired) electrons. The average molecular weight is 217 g/mol. The van der Waals surface area contributed by atoms with E-state index in [-0.39, 0.29) is 23.7 Å². The van der Waals surface area contributed by atoms with Gasteiger partial charge in [0, 0.05) is 11.1 Å². The van der Waals surface area contributed by atoms with Crippen LogP contribution in [-0.2, 0) is 4.79 Å². The first-order chi connectivity index (χ1) is 7.41. The number of hydrogen-bond acceptors (Lipinski definition) is 2. The van der Waals surface area contributed by atoms with Crippen molar-refractivity contribution in [1.29, 1.82) is 0 Å². The van der Waals surface area contributed by atoms with Gasteiger partial charge in [0.1, 0.15) is 0 Å². The van der Waals surface area contributed by atoms with Crippen LogP contribution in [0.5, 0.6) is 0 Å². The van der Waals surface area contributed by atoms with Crippen LogP contribution in [-0.4, -0.2) is 17.2 Å². The Morgan fingerprint density at radius 1 is 1.12 bits per heavy atom. The number of amides is 1. The average Bonchev–Trinajstić information content (AvgIpc) is 2.15. The van der Waals surface area contributed by atoms with Crippen molar-refractivity contribution in [3.8, 4) is 0 Å². The normalized spacial score (nSPS) is 16.3. The number of rotatable bonds is 0. The SMILES string of the molecule is CC(C)(C)N1C(=O)CC(=O)c2ccccc21. The van der Waals surface area contributed by atoms with E-state index in [1.54, 1.807) is 11.0 Å². The van der Waals surface area contributed by atoms with Gasteiger partial charge in [-0.2, -0.15) is 0 Å². The number of benzene rings is 1. The standard InChI is InChI=1S/C13H15NO2/c1-13(2,3)14-10-7-5-4-6-9(10)11(15)8-12(14)16/h4-7H,8H2,1-3H3. The van der Waals surface area contributed by atoms with Crippen LogP contribution in [0, 0.1) is 0 Å². The summed E-state index contributed by atoms with van der Waals surface area (Å²) >= 11 is 0. The van der Waals surface area contributed by atoms with E-state index in [0.29, 0.717) is 5.56 Å². The molecule has 16 heavy (non-hydrogen) atoms. The molecule has 0 unspecified atom stereocenters. The van der Waals surface area contributed by atoms with Crippen LogP contribution in [0.4, 0.5) is 5.69 Å². The lowest BCUT2D eigenvalue weighted by atomic mass is 9.94. The predicted molar refractivity (Wildman–Crippen MR) is 62.6 cm³/mol. The molecule has 1 amide bonds. The van der Waals surface area contributed by atoms with Gasteiger partial charge in [-0.1, -0.05) is 12.1 Å². The molecule has 1 aromatic rings. The highest BCUT2D eigenvalue weighted by Crippen LogP contribution is 2.32. The first-order valence-corrected chi connectivity index (χ1v) is 5.36. The Bertz CT molecular complexity index is 457. The highest BCUT2D eigenvalue weighted by Gasteiger charge is 2.35. The zero-order valence-electron chi connectivity index (χ0n) is 9.78. The molecule has 0 aromatic heterocycles. The molecule has 1 heterocycles. The monoisotopic (exact) mass is 217 g/mol. The minimum Gasteiger partial charge on any atom is -0.306 e. The molecule has 1 aliphatic rings. The highest BCUT2D eigenvalue weighted by atomic mass is 16.2. The zero-order chi connectivity index (χ0) is 11.9. The van der Waals surface area contributed by atoms with Gasteiger partial charge in [0.15, 0.2) is 5.78 Å². The quantitative estimate of drug-likeness (QED) is 0.626. The molecule has 0 saturated carbocycles. The van der Waals surface area contributed by atoms with Crippen LogP contribution in [0.1, 0.15) is 37.6 Å². The molecule has 0 saturated heterocycles. The van der Waals surface area contributed by atoms with Crippen LogP contribution in [0.3, 0.4) is 0 Å². The van der Waals surface area contributed by atoms with Crippen molar-refractivity contribution >= 4 is 17.4 Å². The van der Waals surface area contributed by atoms with Crippen LogP contribution < -0.4 is 4.90 Å². The van der Waals surface area contributed by atoms with E-state index in [2.05, 4.69) is 0 Å². The molecular weight excluding hydrogens is 202 g/mol. The van der Waals surface area contributed by atoms with E-state index in [4.69, 9.17) is 0 Å². The minimum atomic E-state index is -0.298. The molecule has 3 heteroatoms. The van der Waals surface area contributed by atoms with Gasteiger partial charge >= 0.3 is 0 Å². The second kappa shape index (κ2) is 3.44. The lowest BCUT2D eigenvalue weighted by molar-refractivity contribution is -0.118. The van der Waals surface area contributed by atoms with Crippen molar-refractivity contribution in [1.82, 2.24) is 0 Å². The van der Waals surface area contributed by atoms with Crippen LogP contribution >= 0.6 is 0 Å². The maximum absolute atomic E-state index is 11.9. The molecule has 0 N–H and O–H groups in total. The van der Waals surface area contributed by atoms with Gasteiger partial charge in [-0.3, -0.25) is 9.59 Å². The molecule has 3 nitrogen and oxygen atoms in total. The van der Waals surface area contributed by atoms with E-state index in [0.717, 1.165) is 5.69 Å². The summed E-state index contributed by atoms with van der Waals surface area (Å²) in [7, 11) is 0. The van der Waals surface area contributed by atoms with Crippen LogP contribution in [0.15, 0.2) is 24.3 Å². The molecule has 0 fully saturated rings. The van der Waals surface area contributed by atoms with Gasteiger partial charge in [-0.15, -0.1) is 0 Å². The maximum Gasteiger partial charge on any atom is 0.235 e. The van der Waals surface area contributed by atoms with Crippen LogP contribution in [0.25, 0.3) is 0 Å². The molecule has 0 bridgehead atoms. The topological polar surface area (TPSA) is 37.4 Å². The smallest absolute Gasteiger partial charge is 0.235 e. The van der Waals surface area contributed by atoms with Crippen molar-refractivity contribution in [2.24, 2.45) is 0 Å². The van der Waals surface area contributed by atoms with Gasteiger partial charge in [0.2, 0.25) is 5.91 Å². The number of carbonyl (C=O) groups excluding carboxylic acids is 2. The summed E-state index contributed by atoms with van der Waals surface area (Å²) in [5, 5.41) is 0. The fourth-order valence-corrected chi connectivity index (χ4v) is 2.09. The molecule has 2 rings (SSSR count). The first-order valence-electron chi connectivity index (χ1n) is 5.36. The van der Waals surface area contributed by atoms with Crippen LogP contribution in [0.2, 0.25) is 0 Å². The molecule has 0 spiro atoms. The third kappa shape index (κ3) is 1.62. The van der Waals surface area contributed by atoms with E-state index in [1.807, 2.05) is 39.0 Å². The zero-order valence-corrected chi connectivity index (χ0v) is 9.78. The summed E-state index contributed by atoms with van der Waals surface area (Å²) in [5.74, 6) is -0.197. The summed E-state index contributed by atoms with van der Waals surface area (Å²) in [6, 6.07) is 7.29. The molecule has 1 aliphatic heterocycles. The Morgan fingerprint density at radius 3 is 2.38 bits per heavy atom. The Hall–Kier alpha value is -1.64. The molecular formula is C13H15NO2. The minimum absolute atomic E-state index is 0.0196. The van der Waals surface area contributed by atoms with Crippen molar-refractivity contribution in [2.75, 3.05) is 4.90 Å². The lowest BCUT2D eigenvalue weighted by Gasteiger charge is -2.39. The van der Waals surface area contributed by atoms with Crippen molar-refractivity contribution in [3.63, 3.8) is 0 Å². The molecule has 84 valence electrons. The summed E-state index contributed by atoms with van der Waals surface area (Å²) in [5.41, 5.74) is 1.08. The van der Waals surface area contributed by atoms with Gasteiger partial charge in [0.25, 0.3) is 0 Å². The van der Waals surface area contributed by atoms with Gasteiger partial charge in [-0.05, 0) is 32.9 Å². The number of fused-ring (bicyclic) bond motifs is 1. The number of hydrogen-bond donors (Lipinski definition) is 0. The molecule has 0 atom stereocenters. The number of para-hydroxylation sites is 1.